The molecule has 1 aliphatic rings. The standard InChI is InChI=1S/C18H20F3N3OS/c1-12-5-3-4-10-23(12)16(25)22-17-24(11-13(2)26-17)15-8-6-14(7-9-15)18(19,20)21/h6-9,11-12H,3-5,10H2,1-2H3. The normalized spacial score (nSPS) is 19.0. The molecule has 0 bridgehead atoms. The van der Waals surface area contributed by atoms with Crippen molar-refractivity contribution in [3.8, 4) is 5.69 Å². The lowest BCUT2D eigenvalue weighted by molar-refractivity contribution is -0.137. The molecule has 1 aliphatic heterocycles. The first-order chi connectivity index (χ1) is 12.3. The number of likely N-dealkylation sites (tertiary alicyclic amines) is 1. The number of hydrogen-bond acceptors (Lipinski definition) is 2. The van der Waals surface area contributed by atoms with Crippen LogP contribution in [0.5, 0.6) is 0 Å². The Bertz CT molecular complexity index is 852. The minimum atomic E-state index is -4.37. The molecule has 26 heavy (non-hydrogen) atoms. The van der Waals surface area contributed by atoms with E-state index in [1.54, 1.807) is 15.7 Å². The summed E-state index contributed by atoms with van der Waals surface area (Å²) >= 11 is 1.34. The van der Waals surface area contributed by atoms with Gasteiger partial charge in [0.1, 0.15) is 0 Å². The van der Waals surface area contributed by atoms with Crippen molar-refractivity contribution in [2.24, 2.45) is 4.99 Å². The van der Waals surface area contributed by atoms with E-state index < -0.39 is 11.7 Å². The number of carbonyl (C=O) groups is 1. The van der Waals surface area contributed by atoms with E-state index in [2.05, 4.69) is 4.99 Å². The zero-order valence-corrected chi connectivity index (χ0v) is 15.4. The van der Waals surface area contributed by atoms with Crippen LogP contribution in [0.4, 0.5) is 18.0 Å². The summed E-state index contributed by atoms with van der Waals surface area (Å²) in [6.07, 6.45) is 0.437. The lowest BCUT2D eigenvalue weighted by atomic mass is 10.0. The largest absolute Gasteiger partial charge is 0.416 e. The Morgan fingerprint density at radius 2 is 1.92 bits per heavy atom. The number of rotatable bonds is 1. The molecule has 1 unspecified atom stereocenters. The number of hydrogen-bond donors (Lipinski definition) is 0. The van der Waals surface area contributed by atoms with Crippen LogP contribution in [-0.4, -0.2) is 28.1 Å². The molecule has 1 atom stereocenters. The van der Waals surface area contributed by atoms with E-state index in [1.165, 1.54) is 23.5 Å². The number of piperidine rings is 1. The second kappa shape index (κ2) is 7.26. The maximum absolute atomic E-state index is 12.7. The van der Waals surface area contributed by atoms with Crippen LogP contribution in [0.1, 0.15) is 36.6 Å². The number of alkyl halides is 3. The van der Waals surface area contributed by atoms with Crippen molar-refractivity contribution in [1.82, 2.24) is 9.47 Å². The van der Waals surface area contributed by atoms with Gasteiger partial charge in [0, 0.05) is 29.3 Å². The maximum Gasteiger partial charge on any atom is 0.416 e. The summed E-state index contributed by atoms with van der Waals surface area (Å²) in [5.41, 5.74) is -0.161. The Kier molecular flexibility index (Phi) is 5.22. The molecular formula is C18H20F3N3OS. The SMILES string of the molecule is Cc1cn(-c2ccc(C(F)(F)F)cc2)c(=NC(=O)N2CCCCC2C)s1. The highest BCUT2D eigenvalue weighted by Crippen LogP contribution is 2.29. The lowest BCUT2D eigenvalue weighted by Gasteiger charge is -2.31. The fourth-order valence-corrected chi connectivity index (χ4v) is 3.88. The molecule has 1 aromatic heterocycles. The Balaban J connectivity index is 1.94. The summed E-state index contributed by atoms with van der Waals surface area (Å²) < 4.78 is 39.9. The third kappa shape index (κ3) is 4.00. The van der Waals surface area contributed by atoms with Crippen LogP contribution in [0.25, 0.3) is 5.69 Å². The highest BCUT2D eigenvalue weighted by molar-refractivity contribution is 7.09. The summed E-state index contributed by atoms with van der Waals surface area (Å²) in [6, 6.07) is 4.71. The molecule has 2 aromatic rings. The molecule has 0 saturated carbocycles. The predicted molar refractivity (Wildman–Crippen MR) is 94.4 cm³/mol. The zero-order valence-electron chi connectivity index (χ0n) is 14.6. The molecule has 3 rings (SSSR count). The van der Waals surface area contributed by atoms with E-state index in [0.29, 0.717) is 17.0 Å². The van der Waals surface area contributed by atoms with Gasteiger partial charge in [-0.2, -0.15) is 18.2 Å². The minimum Gasteiger partial charge on any atom is -0.320 e. The third-order valence-corrected chi connectivity index (χ3v) is 5.38. The molecule has 0 radical (unpaired) electrons. The van der Waals surface area contributed by atoms with Crippen molar-refractivity contribution in [1.29, 1.82) is 0 Å². The van der Waals surface area contributed by atoms with Crippen molar-refractivity contribution in [3.63, 3.8) is 0 Å². The van der Waals surface area contributed by atoms with Crippen molar-refractivity contribution in [2.75, 3.05) is 6.54 Å². The molecule has 1 saturated heterocycles. The van der Waals surface area contributed by atoms with Gasteiger partial charge in [-0.15, -0.1) is 11.3 Å². The van der Waals surface area contributed by atoms with Gasteiger partial charge in [-0.1, -0.05) is 0 Å². The number of benzene rings is 1. The van der Waals surface area contributed by atoms with Gasteiger partial charge < -0.3 is 4.90 Å². The van der Waals surface area contributed by atoms with Gasteiger partial charge in [-0.05, 0) is 57.4 Å². The average Bonchev–Trinajstić information content (AvgIpc) is 2.95. The Labute approximate surface area is 153 Å². The molecule has 8 heteroatoms. The van der Waals surface area contributed by atoms with Crippen LogP contribution in [0, 0.1) is 6.92 Å². The van der Waals surface area contributed by atoms with Crippen LogP contribution in [0.15, 0.2) is 35.5 Å². The zero-order chi connectivity index (χ0) is 18.9. The smallest absolute Gasteiger partial charge is 0.320 e. The van der Waals surface area contributed by atoms with Crippen LogP contribution in [0.2, 0.25) is 0 Å². The monoisotopic (exact) mass is 383 g/mol. The van der Waals surface area contributed by atoms with Crippen molar-refractivity contribution < 1.29 is 18.0 Å². The van der Waals surface area contributed by atoms with Gasteiger partial charge in [-0.25, -0.2) is 4.79 Å². The van der Waals surface area contributed by atoms with Crippen molar-refractivity contribution in [3.05, 3.63) is 45.7 Å². The molecule has 1 aromatic carbocycles. The van der Waals surface area contributed by atoms with E-state index in [9.17, 15) is 18.0 Å². The van der Waals surface area contributed by atoms with E-state index in [4.69, 9.17) is 0 Å². The van der Waals surface area contributed by atoms with Gasteiger partial charge in [0.25, 0.3) is 0 Å². The third-order valence-electron chi connectivity index (χ3n) is 4.48. The lowest BCUT2D eigenvalue weighted by Crippen LogP contribution is -2.41. The summed E-state index contributed by atoms with van der Waals surface area (Å²) in [7, 11) is 0. The summed E-state index contributed by atoms with van der Waals surface area (Å²) in [5.74, 6) is 0. The Morgan fingerprint density at radius 3 is 2.54 bits per heavy atom. The second-order valence-corrected chi connectivity index (χ2v) is 7.68. The first-order valence-electron chi connectivity index (χ1n) is 8.48. The predicted octanol–water partition coefficient (Wildman–Crippen LogP) is 4.76. The van der Waals surface area contributed by atoms with Gasteiger partial charge in [-0.3, -0.25) is 4.57 Å². The number of thiazole rings is 1. The van der Waals surface area contributed by atoms with Crippen LogP contribution in [-0.2, 0) is 6.18 Å². The minimum absolute atomic E-state index is 0.153. The molecule has 0 aliphatic carbocycles. The number of carbonyl (C=O) groups excluding carboxylic acids is 1. The second-order valence-electron chi connectivity index (χ2n) is 6.47. The number of aromatic nitrogens is 1. The topological polar surface area (TPSA) is 37.6 Å². The Morgan fingerprint density at radius 1 is 1.23 bits per heavy atom. The fourth-order valence-electron chi connectivity index (χ4n) is 3.06. The fraction of sp³-hybridized carbons (Fsp3) is 0.444. The summed E-state index contributed by atoms with van der Waals surface area (Å²) in [4.78, 5) is 20.0. The molecule has 4 nitrogen and oxygen atoms in total. The highest BCUT2D eigenvalue weighted by Gasteiger charge is 2.30. The number of nitrogens with zero attached hydrogens (tertiary/aromatic N) is 3. The molecule has 1 fully saturated rings. The number of halogens is 3. The van der Waals surface area contributed by atoms with E-state index >= 15 is 0 Å². The van der Waals surface area contributed by atoms with Gasteiger partial charge in [0.2, 0.25) is 0 Å². The van der Waals surface area contributed by atoms with Crippen LogP contribution in [0.3, 0.4) is 0 Å². The first-order valence-corrected chi connectivity index (χ1v) is 9.29. The molecule has 0 spiro atoms. The first kappa shape index (κ1) is 18.7. The summed E-state index contributed by atoms with van der Waals surface area (Å²) in [6.45, 7) is 4.57. The average molecular weight is 383 g/mol. The quantitative estimate of drug-likeness (QED) is 0.700. The maximum atomic E-state index is 12.7. The number of amides is 2. The van der Waals surface area contributed by atoms with Gasteiger partial charge >= 0.3 is 12.2 Å². The molecule has 2 heterocycles. The number of aryl methyl sites for hydroxylation is 1. The van der Waals surface area contributed by atoms with Crippen molar-refractivity contribution in [2.45, 2.75) is 45.3 Å². The van der Waals surface area contributed by atoms with Crippen molar-refractivity contribution >= 4 is 17.4 Å². The number of urea groups is 1. The van der Waals surface area contributed by atoms with Gasteiger partial charge in [0.05, 0.1) is 5.56 Å². The van der Waals surface area contributed by atoms with E-state index in [-0.39, 0.29) is 12.1 Å². The van der Waals surface area contributed by atoms with E-state index in [0.717, 1.165) is 36.3 Å². The molecule has 140 valence electrons. The Hall–Kier alpha value is -2.09. The molecule has 2 amide bonds. The highest BCUT2D eigenvalue weighted by atomic mass is 32.1. The van der Waals surface area contributed by atoms with E-state index in [1.807, 2.05) is 13.8 Å². The molecule has 0 N–H and O–H groups in total. The summed E-state index contributed by atoms with van der Waals surface area (Å²) in [5, 5.41) is 0. The van der Waals surface area contributed by atoms with Crippen LogP contribution < -0.4 is 4.80 Å². The van der Waals surface area contributed by atoms with Crippen LogP contribution >= 0.6 is 11.3 Å². The van der Waals surface area contributed by atoms with Gasteiger partial charge in [0.15, 0.2) is 4.80 Å². The molecular weight excluding hydrogens is 363 g/mol.